The first kappa shape index (κ1) is 10.3. The first-order valence-corrected chi connectivity index (χ1v) is 4.61. The summed E-state index contributed by atoms with van der Waals surface area (Å²) in [4.78, 5) is 1.81. The highest BCUT2D eigenvalue weighted by atomic mass is 32.1. The number of thiol groups is 1. The molecule has 1 aromatic carbocycles. The van der Waals surface area contributed by atoms with Crippen LogP contribution in [0.15, 0.2) is 24.3 Å². The molecule has 13 heavy (non-hydrogen) atoms. The van der Waals surface area contributed by atoms with Gasteiger partial charge in [0.25, 0.3) is 0 Å². The van der Waals surface area contributed by atoms with Crippen LogP contribution >= 0.6 is 24.8 Å². The molecular formula is C9H11NOS2. The Morgan fingerprint density at radius 1 is 1.54 bits per heavy atom. The second kappa shape index (κ2) is 4.48. The highest BCUT2D eigenvalue weighted by Crippen LogP contribution is 2.20. The summed E-state index contributed by atoms with van der Waals surface area (Å²) in [7, 11) is 3.50. The lowest BCUT2D eigenvalue weighted by Gasteiger charge is -2.16. The maximum absolute atomic E-state index is 5.09. The summed E-state index contributed by atoms with van der Waals surface area (Å²) in [6.45, 7) is 0. The van der Waals surface area contributed by atoms with E-state index in [1.54, 1.807) is 12.0 Å². The maximum atomic E-state index is 5.09. The van der Waals surface area contributed by atoms with E-state index < -0.39 is 0 Å². The van der Waals surface area contributed by atoms with Crippen LogP contribution in [0.2, 0.25) is 0 Å². The van der Waals surface area contributed by atoms with Gasteiger partial charge < -0.3 is 9.64 Å². The second-order valence-corrected chi connectivity index (χ2v) is 3.66. The summed E-state index contributed by atoms with van der Waals surface area (Å²) < 4.78 is 5.63. The van der Waals surface area contributed by atoms with E-state index in [1.807, 2.05) is 31.3 Å². The first-order chi connectivity index (χ1) is 6.15. The van der Waals surface area contributed by atoms with Gasteiger partial charge in [0.05, 0.1) is 7.11 Å². The molecule has 0 atom stereocenters. The van der Waals surface area contributed by atoms with Crippen molar-refractivity contribution in [1.29, 1.82) is 0 Å². The number of nitrogens with zero attached hydrogens (tertiary/aromatic N) is 1. The molecule has 0 spiro atoms. The fraction of sp³-hybridized carbons (Fsp3) is 0.222. The molecule has 0 aliphatic heterocycles. The third-order valence-electron chi connectivity index (χ3n) is 1.73. The van der Waals surface area contributed by atoms with E-state index in [-0.39, 0.29) is 0 Å². The average molecular weight is 213 g/mol. The van der Waals surface area contributed by atoms with Gasteiger partial charge in [0.2, 0.25) is 0 Å². The molecule has 70 valence electrons. The van der Waals surface area contributed by atoms with Crippen molar-refractivity contribution in [3.63, 3.8) is 0 Å². The molecular weight excluding hydrogens is 202 g/mol. The normalized spacial score (nSPS) is 9.46. The van der Waals surface area contributed by atoms with Crippen molar-refractivity contribution in [2.45, 2.75) is 0 Å². The first-order valence-electron chi connectivity index (χ1n) is 3.76. The van der Waals surface area contributed by atoms with Gasteiger partial charge in [0, 0.05) is 18.8 Å². The minimum absolute atomic E-state index is 0.535. The largest absolute Gasteiger partial charge is 0.497 e. The number of methoxy groups -OCH3 is 1. The Labute approximate surface area is 88.9 Å². The van der Waals surface area contributed by atoms with Crippen molar-refractivity contribution >= 4 is 34.9 Å². The fourth-order valence-electron chi connectivity index (χ4n) is 0.930. The molecule has 4 heteroatoms. The van der Waals surface area contributed by atoms with Crippen molar-refractivity contribution in [3.8, 4) is 5.75 Å². The van der Waals surface area contributed by atoms with E-state index in [1.165, 1.54) is 0 Å². The minimum Gasteiger partial charge on any atom is -0.497 e. The summed E-state index contributed by atoms with van der Waals surface area (Å²) in [6.07, 6.45) is 0. The quantitative estimate of drug-likeness (QED) is 0.598. The monoisotopic (exact) mass is 213 g/mol. The second-order valence-electron chi connectivity index (χ2n) is 2.54. The molecule has 0 aliphatic rings. The summed E-state index contributed by atoms with van der Waals surface area (Å²) in [5.74, 6) is 0.814. The zero-order chi connectivity index (χ0) is 9.84. The SMILES string of the molecule is COc1cccc(N(C)C(=S)S)c1. The molecule has 0 heterocycles. The van der Waals surface area contributed by atoms with Crippen molar-refractivity contribution < 1.29 is 4.74 Å². The van der Waals surface area contributed by atoms with Gasteiger partial charge in [-0.15, -0.1) is 12.6 Å². The van der Waals surface area contributed by atoms with Crippen molar-refractivity contribution in [2.24, 2.45) is 0 Å². The number of anilines is 1. The predicted molar refractivity (Wildman–Crippen MR) is 63.0 cm³/mol. The van der Waals surface area contributed by atoms with Crippen LogP contribution in [0.4, 0.5) is 5.69 Å². The number of benzene rings is 1. The molecule has 0 unspecified atom stereocenters. The topological polar surface area (TPSA) is 12.5 Å². The van der Waals surface area contributed by atoms with E-state index in [0.29, 0.717) is 4.32 Å². The Kier molecular flexibility index (Phi) is 3.57. The highest BCUT2D eigenvalue weighted by molar-refractivity contribution is 8.11. The Bertz CT molecular complexity index is 314. The maximum Gasteiger partial charge on any atom is 0.137 e. The molecule has 0 fully saturated rings. The number of rotatable bonds is 2. The van der Waals surface area contributed by atoms with Crippen molar-refractivity contribution in [1.82, 2.24) is 0 Å². The van der Waals surface area contributed by atoms with E-state index in [4.69, 9.17) is 17.0 Å². The van der Waals surface area contributed by atoms with Gasteiger partial charge in [-0.1, -0.05) is 18.3 Å². The molecule has 0 radical (unpaired) electrons. The Hall–Kier alpha value is -0.740. The third-order valence-corrected chi connectivity index (χ3v) is 2.30. The predicted octanol–water partition coefficient (Wildman–Crippen LogP) is 2.35. The molecule has 1 aromatic rings. The summed E-state index contributed by atoms with van der Waals surface area (Å²) in [5.41, 5.74) is 0.972. The molecule has 0 saturated carbocycles. The van der Waals surface area contributed by atoms with Crippen LogP contribution in [0.1, 0.15) is 0 Å². The molecule has 0 saturated heterocycles. The molecule has 0 bridgehead atoms. The molecule has 0 aromatic heterocycles. The standard InChI is InChI=1S/C9H11NOS2/c1-10(9(12)13)7-4-3-5-8(6-7)11-2/h3-6H,1-2H3,(H,12,13). The Morgan fingerprint density at radius 3 is 2.77 bits per heavy atom. The van der Waals surface area contributed by atoms with E-state index >= 15 is 0 Å². The zero-order valence-electron chi connectivity index (χ0n) is 7.52. The van der Waals surface area contributed by atoms with Gasteiger partial charge in [-0.3, -0.25) is 0 Å². The molecule has 0 aliphatic carbocycles. The van der Waals surface area contributed by atoms with E-state index in [2.05, 4.69) is 12.6 Å². The van der Waals surface area contributed by atoms with Crippen molar-refractivity contribution in [3.05, 3.63) is 24.3 Å². The third kappa shape index (κ3) is 2.60. The summed E-state index contributed by atoms with van der Waals surface area (Å²) >= 11 is 9.01. The zero-order valence-corrected chi connectivity index (χ0v) is 9.23. The average Bonchev–Trinajstić information content (AvgIpc) is 2.16. The van der Waals surface area contributed by atoms with Gasteiger partial charge >= 0.3 is 0 Å². The summed E-state index contributed by atoms with van der Waals surface area (Å²) in [6, 6.07) is 7.66. The van der Waals surface area contributed by atoms with Crippen LogP contribution in [0, 0.1) is 0 Å². The number of ether oxygens (including phenoxy) is 1. The van der Waals surface area contributed by atoms with Crippen LogP contribution < -0.4 is 9.64 Å². The number of hydrogen-bond donors (Lipinski definition) is 1. The molecule has 2 nitrogen and oxygen atoms in total. The highest BCUT2D eigenvalue weighted by Gasteiger charge is 2.03. The smallest absolute Gasteiger partial charge is 0.137 e. The van der Waals surface area contributed by atoms with Gasteiger partial charge in [-0.05, 0) is 12.1 Å². The van der Waals surface area contributed by atoms with Crippen molar-refractivity contribution in [2.75, 3.05) is 19.1 Å². The van der Waals surface area contributed by atoms with E-state index in [9.17, 15) is 0 Å². The van der Waals surface area contributed by atoms with Gasteiger partial charge in [0.15, 0.2) is 0 Å². The number of hydrogen-bond acceptors (Lipinski definition) is 2. The minimum atomic E-state index is 0.535. The lowest BCUT2D eigenvalue weighted by atomic mass is 10.3. The van der Waals surface area contributed by atoms with E-state index in [0.717, 1.165) is 11.4 Å². The van der Waals surface area contributed by atoms with Crippen LogP contribution in [0.5, 0.6) is 5.75 Å². The van der Waals surface area contributed by atoms with Crippen LogP contribution in [0.3, 0.4) is 0 Å². The Morgan fingerprint density at radius 2 is 2.23 bits per heavy atom. The van der Waals surface area contributed by atoms with Gasteiger partial charge in [0.1, 0.15) is 10.1 Å². The van der Waals surface area contributed by atoms with Gasteiger partial charge in [-0.2, -0.15) is 0 Å². The lowest BCUT2D eigenvalue weighted by Crippen LogP contribution is -2.19. The molecule has 0 N–H and O–H groups in total. The van der Waals surface area contributed by atoms with Crippen LogP contribution in [0.25, 0.3) is 0 Å². The lowest BCUT2D eigenvalue weighted by molar-refractivity contribution is 0.415. The van der Waals surface area contributed by atoms with Crippen LogP contribution in [-0.2, 0) is 0 Å². The fourth-order valence-corrected chi connectivity index (χ4v) is 1.15. The molecule has 0 amide bonds. The Balaban J connectivity index is 2.94. The molecule has 1 rings (SSSR count). The summed E-state index contributed by atoms with van der Waals surface area (Å²) in [5, 5.41) is 0. The number of thiocarbonyl (C=S) groups is 1. The van der Waals surface area contributed by atoms with Gasteiger partial charge in [-0.25, -0.2) is 0 Å². The van der Waals surface area contributed by atoms with Crippen LogP contribution in [-0.4, -0.2) is 18.5 Å².